The molecule has 4 heteroatoms. The van der Waals surface area contributed by atoms with Crippen molar-refractivity contribution < 1.29 is 19.0 Å². The second kappa shape index (κ2) is 8.61. The second-order valence-electron chi connectivity index (χ2n) is 7.93. The van der Waals surface area contributed by atoms with Gasteiger partial charge in [0, 0.05) is 5.92 Å². The molecule has 1 aromatic rings. The molecule has 2 fully saturated rings. The number of halogens is 1. The minimum absolute atomic E-state index is 0.0743. The molecule has 1 aliphatic heterocycles. The van der Waals surface area contributed by atoms with Gasteiger partial charge in [0.2, 0.25) is 0 Å². The number of aliphatic hydroxyl groups is 1. The standard InChI is InChI=1S/C21H31FO3/c1-14-6-9-17-4-3-5-19(20(17)13-24-14)15(2)21(23)25-12-16-7-10-18(22)11-8-16/h7-8,10-11,14-15,17,19-21,23H,3-6,9,12-13H2,1-2H3. The molecular formula is C21H31FO3. The molecule has 0 amide bonds. The molecule has 1 aromatic carbocycles. The van der Waals surface area contributed by atoms with Crippen molar-refractivity contribution in [2.75, 3.05) is 6.61 Å². The van der Waals surface area contributed by atoms with Gasteiger partial charge >= 0.3 is 0 Å². The van der Waals surface area contributed by atoms with Crippen LogP contribution in [0.3, 0.4) is 0 Å². The highest BCUT2D eigenvalue weighted by molar-refractivity contribution is 5.14. The number of hydrogen-bond acceptors (Lipinski definition) is 3. The molecule has 6 unspecified atom stereocenters. The van der Waals surface area contributed by atoms with E-state index in [4.69, 9.17) is 9.47 Å². The van der Waals surface area contributed by atoms with E-state index < -0.39 is 6.29 Å². The third kappa shape index (κ3) is 4.81. The molecule has 2 aliphatic rings. The zero-order chi connectivity index (χ0) is 17.8. The lowest BCUT2D eigenvalue weighted by Gasteiger charge is -2.41. The summed E-state index contributed by atoms with van der Waals surface area (Å²) in [7, 11) is 0. The van der Waals surface area contributed by atoms with E-state index in [-0.39, 0.29) is 11.7 Å². The van der Waals surface area contributed by atoms with Crippen LogP contribution in [-0.4, -0.2) is 24.1 Å². The molecule has 1 N–H and O–H groups in total. The van der Waals surface area contributed by atoms with Crippen LogP contribution in [0.1, 0.15) is 51.5 Å². The molecule has 3 nitrogen and oxygen atoms in total. The van der Waals surface area contributed by atoms with Gasteiger partial charge in [-0.05, 0) is 61.6 Å². The summed E-state index contributed by atoms with van der Waals surface area (Å²) in [5, 5.41) is 10.6. The fourth-order valence-electron chi connectivity index (χ4n) is 4.60. The summed E-state index contributed by atoms with van der Waals surface area (Å²) in [5.41, 5.74) is 0.876. The summed E-state index contributed by atoms with van der Waals surface area (Å²) in [6, 6.07) is 6.24. The van der Waals surface area contributed by atoms with Crippen LogP contribution in [-0.2, 0) is 16.1 Å². The number of aliphatic hydroxyl groups excluding tert-OH is 1. The minimum Gasteiger partial charge on any atom is -0.378 e. The zero-order valence-corrected chi connectivity index (χ0v) is 15.4. The zero-order valence-electron chi connectivity index (χ0n) is 15.4. The molecule has 0 bridgehead atoms. The van der Waals surface area contributed by atoms with Gasteiger partial charge < -0.3 is 14.6 Å². The molecule has 1 heterocycles. The summed E-state index contributed by atoms with van der Waals surface area (Å²) >= 11 is 0. The van der Waals surface area contributed by atoms with Crippen molar-refractivity contribution in [3.8, 4) is 0 Å². The van der Waals surface area contributed by atoms with Crippen molar-refractivity contribution in [3.05, 3.63) is 35.6 Å². The molecule has 140 valence electrons. The van der Waals surface area contributed by atoms with Crippen LogP contribution in [0.25, 0.3) is 0 Å². The molecule has 1 saturated heterocycles. The van der Waals surface area contributed by atoms with Crippen LogP contribution in [0.2, 0.25) is 0 Å². The van der Waals surface area contributed by atoms with E-state index in [1.54, 1.807) is 12.1 Å². The lowest BCUT2D eigenvalue weighted by molar-refractivity contribution is -0.162. The molecule has 3 rings (SSSR count). The van der Waals surface area contributed by atoms with E-state index in [1.807, 2.05) is 0 Å². The van der Waals surface area contributed by atoms with Gasteiger partial charge in [-0.2, -0.15) is 0 Å². The third-order valence-electron chi connectivity index (χ3n) is 6.24. The predicted molar refractivity (Wildman–Crippen MR) is 95.3 cm³/mol. The monoisotopic (exact) mass is 350 g/mol. The quantitative estimate of drug-likeness (QED) is 0.793. The first-order valence-corrected chi connectivity index (χ1v) is 9.70. The van der Waals surface area contributed by atoms with Crippen LogP contribution in [0.15, 0.2) is 24.3 Å². The molecule has 0 aromatic heterocycles. The van der Waals surface area contributed by atoms with Crippen molar-refractivity contribution in [2.45, 2.75) is 65.0 Å². The fourth-order valence-corrected chi connectivity index (χ4v) is 4.60. The maximum atomic E-state index is 13.0. The smallest absolute Gasteiger partial charge is 0.157 e. The lowest BCUT2D eigenvalue weighted by atomic mass is 9.66. The van der Waals surface area contributed by atoms with Gasteiger partial charge in [-0.25, -0.2) is 4.39 Å². The Kier molecular flexibility index (Phi) is 6.48. The normalized spacial score (nSPS) is 32.5. The maximum Gasteiger partial charge on any atom is 0.157 e. The number of rotatable bonds is 5. The van der Waals surface area contributed by atoms with Crippen molar-refractivity contribution in [1.82, 2.24) is 0 Å². The Hall–Kier alpha value is -0.970. The van der Waals surface area contributed by atoms with Gasteiger partial charge in [-0.1, -0.05) is 31.9 Å². The molecule has 0 radical (unpaired) electrons. The third-order valence-corrected chi connectivity index (χ3v) is 6.24. The van der Waals surface area contributed by atoms with Crippen LogP contribution in [0.5, 0.6) is 0 Å². The highest BCUT2D eigenvalue weighted by Crippen LogP contribution is 2.44. The summed E-state index contributed by atoms with van der Waals surface area (Å²) < 4.78 is 24.7. The van der Waals surface area contributed by atoms with E-state index in [0.29, 0.717) is 24.5 Å². The second-order valence-corrected chi connectivity index (χ2v) is 7.93. The Morgan fingerprint density at radius 1 is 1.20 bits per heavy atom. The first kappa shape index (κ1) is 18.8. The Morgan fingerprint density at radius 2 is 1.96 bits per heavy atom. The Labute approximate surface area is 150 Å². The first-order chi connectivity index (χ1) is 12.0. The van der Waals surface area contributed by atoms with Crippen LogP contribution in [0.4, 0.5) is 4.39 Å². The van der Waals surface area contributed by atoms with Gasteiger partial charge in [0.15, 0.2) is 6.29 Å². The van der Waals surface area contributed by atoms with Crippen LogP contribution >= 0.6 is 0 Å². The van der Waals surface area contributed by atoms with Crippen LogP contribution < -0.4 is 0 Å². The van der Waals surface area contributed by atoms with E-state index in [0.717, 1.165) is 30.9 Å². The number of fused-ring (bicyclic) bond motifs is 1. The van der Waals surface area contributed by atoms with E-state index in [1.165, 1.54) is 31.4 Å². The van der Waals surface area contributed by atoms with Crippen molar-refractivity contribution in [1.29, 1.82) is 0 Å². The maximum absolute atomic E-state index is 13.0. The molecule has 1 aliphatic carbocycles. The Bertz CT molecular complexity index is 532. The fraction of sp³-hybridized carbons (Fsp3) is 0.714. The SMILES string of the molecule is CC1CCC2CCCC(C(C)C(O)OCc3ccc(F)cc3)C2CO1. The molecular weight excluding hydrogens is 319 g/mol. The van der Waals surface area contributed by atoms with E-state index in [2.05, 4.69) is 13.8 Å². The highest BCUT2D eigenvalue weighted by atomic mass is 19.1. The average molecular weight is 350 g/mol. The topological polar surface area (TPSA) is 38.7 Å². The summed E-state index contributed by atoms with van der Waals surface area (Å²) in [4.78, 5) is 0. The number of hydrogen-bond donors (Lipinski definition) is 1. The number of benzene rings is 1. The van der Waals surface area contributed by atoms with E-state index in [9.17, 15) is 9.50 Å². The minimum atomic E-state index is -0.797. The molecule has 1 saturated carbocycles. The average Bonchev–Trinajstić information content (AvgIpc) is 2.82. The highest BCUT2D eigenvalue weighted by Gasteiger charge is 2.40. The van der Waals surface area contributed by atoms with Crippen molar-refractivity contribution >= 4 is 0 Å². The van der Waals surface area contributed by atoms with Crippen molar-refractivity contribution in [3.63, 3.8) is 0 Å². The van der Waals surface area contributed by atoms with E-state index >= 15 is 0 Å². The van der Waals surface area contributed by atoms with Crippen molar-refractivity contribution in [2.24, 2.45) is 23.7 Å². The Morgan fingerprint density at radius 3 is 2.72 bits per heavy atom. The summed E-state index contributed by atoms with van der Waals surface area (Å²) in [6.07, 6.45) is 5.59. The van der Waals surface area contributed by atoms with Gasteiger partial charge in [-0.3, -0.25) is 0 Å². The van der Waals surface area contributed by atoms with Crippen LogP contribution in [0, 0.1) is 29.5 Å². The van der Waals surface area contributed by atoms with Gasteiger partial charge in [0.05, 0.1) is 19.3 Å². The molecule has 0 spiro atoms. The summed E-state index contributed by atoms with van der Waals surface area (Å²) in [6.45, 7) is 5.37. The lowest BCUT2D eigenvalue weighted by Crippen LogP contribution is -2.39. The first-order valence-electron chi connectivity index (χ1n) is 9.70. The largest absolute Gasteiger partial charge is 0.378 e. The van der Waals surface area contributed by atoms with Gasteiger partial charge in [-0.15, -0.1) is 0 Å². The Balaban J connectivity index is 1.58. The summed E-state index contributed by atoms with van der Waals surface area (Å²) in [5.74, 6) is 1.50. The van der Waals surface area contributed by atoms with Gasteiger partial charge in [0.1, 0.15) is 5.82 Å². The molecule has 6 atom stereocenters. The molecule has 25 heavy (non-hydrogen) atoms. The number of ether oxygens (including phenoxy) is 2. The van der Waals surface area contributed by atoms with Gasteiger partial charge in [0.25, 0.3) is 0 Å². The predicted octanol–water partition coefficient (Wildman–Crippen LogP) is 4.53.